The number of carbonyl (C=O) groups excluding carboxylic acids is 2. The number of rotatable bonds is 7. The summed E-state index contributed by atoms with van der Waals surface area (Å²) in [7, 11) is 2.97. The molecule has 0 radical (unpaired) electrons. The van der Waals surface area contributed by atoms with Crippen LogP contribution in [-0.4, -0.2) is 37.7 Å². The Labute approximate surface area is 145 Å². The van der Waals surface area contributed by atoms with Crippen LogP contribution in [0.4, 0.5) is 0 Å². The van der Waals surface area contributed by atoms with Gasteiger partial charge in [0.05, 0.1) is 25.5 Å². The van der Waals surface area contributed by atoms with Crippen LogP contribution in [0.25, 0.3) is 0 Å². The van der Waals surface area contributed by atoms with Gasteiger partial charge in [-0.2, -0.15) is 0 Å². The van der Waals surface area contributed by atoms with Crippen LogP contribution in [0.15, 0.2) is 22.7 Å². The van der Waals surface area contributed by atoms with E-state index in [1.165, 1.54) is 14.2 Å². The van der Waals surface area contributed by atoms with Crippen LogP contribution in [0.3, 0.4) is 0 Å². The summed E-state index contributed by atoms with van der Waals surface area (Å²) in [6.07, 6.45) is 0. The van der Waals surface area contributed by atoms with Crippen molar-refractivity contribution in [2.45, 2.75) is 26.7 Å². The van der Waals surface area contributed by atoms with Gasteiger partial charge < -0.3 is 18.7 Å². The second-order valence-corrected chi connectivity index (χ2v) is 5.73. The van der Waals surface area contributed by atoms with Crippen LogP contribution in [0.5, 0.6) is 11.5 Å². The standard InChI is InChI=1S/C18H21NO6/c1-10(2)17-16(11(3)19-25-17)18(21)24-9-14(20)13-7-6-12(22-4)8-15(13)23-5/h6-8,10H,9H2,1-5H3. The largest absolute Gasteiger partial charge is 0.497 e. The third-order valence-corrected chi connectivity index (χ3v) is 3.66. The lowest BCUT2D eigenvalue weighted by atomic mass is 10.1. The molecule has 0 atom stereocenters. The van der Waals surface area contributed by atoms with Crippen molar-refractivity contribution < 1.29 is 28.3 Å². The first-order valence-corrected chi connectivity index (χ1v) is 7.77. The molecule has 0 unspecified atom stereocenters. The van der Waals surface area contributed by atoms with Gasteiger partial charge in [0.15, 0.2) is 12.4 Å². The summed E-state index contributed by atoms with van der Waals surface area (Å²) in [4.78, 5) is 24.7. The molecule has 1 aromatic heterocycles. The number of hydrogen-bond donors (Lipinski definition) is 0. The molecule has 7 heteroatoms. The molecule has 1 aromatic carbocycles. The van der Waals surface area contributed by atoms with Crippen molar-refractivity contribution in [1.82, 2.24) is 5.16 Å². The molecule has 25 heavy (non-hydrogen) atoms. The van der Waals surface area contributed by atoms with Gasteiger partial charge in [-0.15, -0.1) is 0 Å². The average molecular weight is 347 g/mol. The number of ketones is 1. The minimum absolute atomic E-state index is 0.0267. The Morgan fingerprint density at radius 2 is 1.92 bits per heavy atom. The summed E-state index contributed by atoms with van der Waals surface area (Å²) in [5.41, 5.74) is 1.01. The SMILES string of the molecule is COc1ccc(C(=O)COC(=O)c2c(C)noc2C(C)C)c(OC)c1. The predicted octanol–water partition coefficient (Wildman–Crippen LogP) is 3.16. The number of nitrogens with zero attached hydrogens (tertiary/aromatic N) is 1. The van der Waals surface area contributed by atoms with Crippen molar-refractivity contribution in [2.24, 2.45) is 0 Å². The average Bonchev–Trinajstić information content (AvgIpc) is 3.00. The van der Waals surface area contributed by atoms with E-state index in [2.05, 4.69) is 5.16 Å². The first-order valence-electron chi connectivity index (χ1n) is 7.77. The third kappa shape index (κ3) is 3.99. The monoisotopic (exact) mass is 347 g/mol. The zero-order valence-electron chi connectivity index (χ0n) is 14.9. The molecule has 1 heterocycles. The normalized spacial score (nSPS) is 10.6. The Balaban J connectivity index is 2.13. The summed E-state index contributed by atoms with van der Waals surface area (Å²) in [6, 6.07) is 4.80. The first kappa shape index (κ1) is 18.5. The van der Waals surface area contributed by atoms with E-state index in [0.717, 1.165) is 0 Å². The predicted molar refractivity (Wildman–Crippen MR) is 89.5 cm³/mol. The molecule has 0 bridgehead atoms. The van der Waals surface area contributed by atoms with Gasteiger partial charge in [-0.1, -0.05) is 19.0 Å². The van der Waals surface area contributed by atoms with Gasteiger partial charge in [-0.05, 0) is 19.1 Å². The smallest absolute Gasteiger partial charge is 0.344 e. The van der Waals surface area contributed by atoms with Crippen molar-refractivity contribution >= 4 is 11.8 Å². The van der Waals surface area contributed by atoms with E-state index < -0.39 is 12.6 Å². The van der Waals surface area contributed by atoms with Crippen molar-refractivity contribution in [3.05, 3.63) is 40.8 Å². The van der Waals surface area contributed by atoms with Crippen LogP contribution < -0.4 is 9.47 Å². The van der Waals surface area contributed by atoms with Crippen LogP contribution in [0.2, 0.25) is 0 Å². The van der Waals surface area contributed by atoms with E-state index in [-0.39, 0.29) is 17.3 Å². The molecule has 0 aliphatic carbocycles. The van der Waals surface area contributed by atoms with Crippen molar-refractivity contribution in [3.63, 3.8) is 0 Å². The number of hydrogen-bond acceptors (Lipinski definition) is 7. The van der Waals surface area contributed by atoms with Crippen LogP contribution in [0.1, 0.15) is 51.9 Å². The van der Waals surface area contributed by atoms with E-state index in [4.69, 9.17) is 18.7 Å². The Morgan fingerprint density at radius 3 is 2.52 bits per heavy atom. The second-order valence-electron chi connectivity index (χ2n) is 5.73. The number of aryl methyl sites for hydroxylation is 1. The number of aromatic nitrogens is 1. The van der Waals surface area contributed by atoms with E-state index in [0.29, 0.717) is 28.5 Å². The zero-order chi connectivity index (χ0) is 18.6. The quantitative estimate of drug-likeness (QED) is 0.561. The fraction of sp³-hybridized carbons (Fsp3) is 0.389. The van der Waals surface area contributed by atoms with Gasteiger partial charge in [-0.25, -0.2) is 4.79 Å². The summed E-state index contributed by atoms with van der Waals surface area (Å²) < 4.78 is 20.6. The Morgan fingerprint density at radius 1 is 1.20 bits per heavy atom. The molecule has 0 amide bonds. The van der Waals surface area contributed by atoms with E-state index in [1.807, 2.05) is 13.8 Å². The lowest BCUT2D eigenvalue weighted by Gasteiger charge is -2.10. The van der Waals surface area contributed by atoms with Crippen LogP contribution >= 0.6 is 0 Å². The van der Waals surface area contributed by atoms with Gasteiger partial charge in [0.1, 0.15) is 17.1 Å². The van der Waals surface area contributed by atoms with Crippen molar-refractivity contribution in [3.8, 4) is 11.5 Å². The fourth-order valence-corrected chi connectivity index (χ4v) is 2.34. The lowest BCUT2D eigenvalue weighted by Crippen LogP contribution is -2.16. The number of ether oxygens (including phenoxy) is 3. The highest BCUT2D eigenvalue weighted by atomic mass is 16.5. The molecule has 0 aliphatic rings. The maximum atomic E-state index is 12.4. The highest BCUT2D eigenvalue weighted by Crippen LogP contribution is 2.26. The maximum Gasteiger partial charge on any atom is 0.344 e. The molecule has 134 valence electrons. The second kappa shape index (κ2) is 7.83. The molecular weight excluding hydrogens is 326 g/mol. The van der Waals surface area contributed by atoms with Crippen molar-refractivity contribution in [2.75, 3.05) is 20.8 Å². The van der Waals surface area contributed by atoms with E-state index in [9.17, 15) is 9.59 Å². The highest BCUT2D eigenvalue weighted by molar-refractivity contribution is 6.01. The third-order valence-electron chi connectivity index (χ3n) is 3.66. The van der Waals surface area contributed by atoms with Crippen molar-refractivity contribution in [1.29, 1.82) is 0 Å². The minimum atomic E-state index is -0.636. The molecule has 2 rings (SSSR count). The topological polar surface area (TPSA) is 87.9 Å². The van der Waals surface area contributed by atoms with Crippen LogP contribution in [0, 0.1) is 6.92 Å². The van der Waals surface area contributed by atoms with Gasteiger partial charge >= 0.3 is 5.97 Å². The van der Waals surface area contributed by atoms with Gasteiger partial charge in [0.2, 0.25) is 5.78 Å². The molecule has 0 saturated heterocycles. The molecule has 7 nitrogen and oxygen atoms in total. The Kier molecular flexibility index (Phi) is 5.80. The molecule has 0 fully saturated rings. The fourth-order valence-electron chi connectivity index (χ4n) is 2.34. The number of methoxy groups -OCH3 is 2. The Hall–Kier alpha value is -2.83. The molecule has 0 saturated carbocycles. The highest BCUT2D eigenvalue weighted by Gasteiger charge is 2.25. The molecule has 0 aliphatic heterocycles. The number of Topliss-reactive ketones (excluding diaryl/α,β-unsaturated/α-hetero) is 1. The minimum Gasteiger partial charge on any atom is -0.497 e. The number of esters is 1. The molecular formula is C18H21NO6. The first-order chi connectivity index (χ1) is 11.9. The number of carbonyl (C=O) groups is 2. The molecule has 2 aromatic rings. The van der Waals surface area contributed by atoms with Gasteiger partial charge in [0, 0.05) is 12.0 Å². The number of benzene rings is 1. The molecule has 0 N–H and O–H groups in total. The summed E-state index contributed by atoms with van der Waals surface area (Å²) in [5.74, 6) is 0.311. The Bertz CT molecular complexity index is 778. The van der Waals surface area contributed by atoms with Gasteiger partial charge in [0.25, 0.3) is 0 Å². The summed E-state index contributed by atoms with van der Waals surface area (Å²) in [6.45, 7) is 5.00. The lowest BCUT2D eigenvalue weighted by molar-refractivity contribution is 0.0470. The van der Waals surface area contributed by atoms with E-state index in [1.54, 1.807) is 25.1 Å². The van der Waals surface area contributed by atoms with Crippen LogP contribution in [-0.2, 0) is 4.74 Å². The summed E-state index contributed by atoms with van der Waals surface area (Å²) in [5, 5.41) is 3.80. The van der Waals surface area contributed by atoms with Gasteiger partial charge in [-0.3, -0.25) is 4.79 Å². The molecule has 0 spiro atoms. The maximum absolute atomic E-state index is 12.4. The zero-order valence-corrected chi connectivity index (χ0v) is 14.9. The summed E-state index contributed by atoms with van der Waals surface area (Å²) >= 11 is 0. The van der Waals surface area contributed by atoms with E-state index >= 15 is 0 Å².